The van der Waals surface area contributed by atoms with Crippen LogP contribution in [0.25, 0.3) is 5.69 Å². The van der Waals surface area contributed by atoms with Gasteiger partial charge >= 0.3 is 0 Å². The Morgan fingerprint density at radius 2 is 1.87 bits per heavy atom. The van der Waals surface area contributed by atoms with Crippen LogP contribution in [-0.4, -0.2) is 40.3 Å². The highest BCUT2D eigenvalue weighted by Gasteiger charge is 2.11. The molecule has 1 fully saturated rings. The zero-order valence-electron chi connectivity index (χ0n) is 13.3. The average Bonchev–Trinajstić information content (AvgIpc) is 3.05. The van der Waals surface area contributed by atoms with Gasteiger partial charge in [0.2, 0.25) is 0 Å². The van der Waals surface area contributed by atoms with E-state index in [1.54, 1.807) is 0 Å². The van der Waals surface area contributed by atoms with E-state index in [4.69, 9.17) is 5.73 Å². The molecule has 0 aliphatic carbocycles. The Bertz CT molecular complexity index is 617. The minimum absolute atomic E-state index is 0. The maximum absolute atomic E-state index is 6.06. The molecule has 124 valence electrons. The van der Waals surface area contributed by atoms with Crippen LogP contribution in [0.1, 0.15) is 24.8 Å². The molecule has 0 radical (unpaired) electrons. The number of guanidine groups is 1. The second-order valence-electron chi connectivity index (χ2n) is 5.67. The first-order chi connectivity index (χ1) is 10.8. The van der Waals surface area contributed by atoms with Gasteiger partial charge in [-0.1, -0.05) is 18.2 Å². The monoisotopic (exact) mass is 425 g/mol. The van der Waals surface area contributed by atoms with E-state index >= 15 is 0 Å². The normalized spacial score (nSPS) is 15.3. The number of benzene rings is 1. The Balaban J connectivity index is 0.00000192. The molecule has 0 spiro atoms. The largest absolute Gasteiger partial charge is 0.370 e. The summed E-state index contributed by atoms with van der Waals surface area (Å²) in [6, 6.07) is 10.1. The first-order valence-corrected chi connectivity index (χ1v) is 7.97. The number of rotatable bonds is 4. The lowest BCUT2D eigenvalue weighted by Gasteiger charge is -2.27. The highest BCUT2D eigenvalue weighted by atomic mass is 127. The molecule has 1 aromatic carbocycles. The molecular weight excluding hydrogens is 401 g/mol. The van der Waals surface area contributed by atoms with Gasteiger partial charge in [0.1, 0.15) is 0 Å². The molecule has 3 rings (SSSR count). The van der Waals surface area contributed by atoms with Gasteiger partial charge < -0.3 is 10.6 Å². The first kappa shape index (κ1) is 17.8. The Morgan fingerprint density at radius 3 is 2.61 bits per heavy atom. The van der Waals surface area contributed by atoms with Crippen molar-refractivity contribution in [3.8, 4) is 5.69 Å². The summed E-state index contributed by atoms with van der Waals surface area (Å²) >= 11 is 0. The highest BCUT2D eigenvalue weighted by Crippen LogP contribution is 2.09. The van der Waals surface area contributed by atoms with E-state index < -0.39 is 0 Å². The Hall–Kier alpha value is -1.57. The van der Waals surface area contributed by atoms with Crippen LogP contribution >= 0.6 is 24.0 Å². The van der Waals surface area contributed by atoms with E-state index in [2.05, 4.69) is 21.2 Å². The van der Waals surface area contributed by atoms with Gasteiger partial charge in [0, 0.05) is 25.8 Å². The van der Waals surface area contributed by atoms with Crippen molar-refractivity contribution in [3.63, 3.8) is 0 Å². The van der Waals surface area contributed by atoms with Crippen LogP contribution in [0.3, 0.4) is 0 Å². The Labute approximate surface area is 154 Å². The lowest BCUT2D eigenvalue weighted by atomic mass is 10.1. The van der Waals surface area contributed by atoms with E-state index in [9.17, 15) is 0 Å². The fourth-order valence-corrected chi connectivity index (χ4v) is 2.73. The van der Waals surface area contributed by atoms with Crippen LogP contribution < -0.4 is 5.73 Å². The van der Waals surface area contributed by atoms with Crippen LogP contribution in [0.5, 0.6) is 0 Å². The molecule has 0 atom stereocenters. The molecule has 2 heterocycles. The zero-order valence-corrected chi connectivity index (χ0v) is 15.6. The van der Waals surface area contributed by atoms with Gasteiger partial charge in [-0.25, -0.2) is 4.68 Å². The molecule has 1 aliphatic heterocycles. The molecule has 5 nitrogen and oxygen atoms in total. The van der Waals surface area contributed by atoms with Gasteiger partial charge in [0.05, 0.1) is 11.9 Å². The molecule has 2 N–H and O–H groups in total. The molecular formula is C17H24IN5. The van der Waals surface area contributed by atoms with Crippen LogP contribution in [-0.2, 0) is 6.42 Å². The van der Waals surface area contributed by atoms with Crippen molar-refractivity contribution in [3.05, 3.63) is 48.3 Å². The number of hydrogen-bond acceptors (Lipinski definition) is 2. The standard InChI is InChI=1S/C17H23N5.HI/c18-17(21-11-5-2-6-12-21)19-10-9-15-13-20-22(14-15)16-7-3-1-4-8-16;/h1,3-4,7-8,13-14H,2,5-6,9-12H2,(H2,18,19);1H. The molecule has 0 amide bonds. The highest BCUT2D eigenvalue weighted by molar-refractivity contribution is 14.0. The summed E-state index contributed by atoms with van der Waals surface area (Å²) in [5, 5.41) is 4.40. The van der Waals surface area contributed by atoms with E-state index in [0.717, 1.165) is 25.2 Å². The third-order valence-electron chi connectivity index (χ3n) is 4.01. The minimum Gasteiger partial charge on any atom is -0.370 e. The summed E-state index contributed by atoms with van der Waals surface area (Å²) < 4.78 is 1.90. The SMILES string of the molecule is I.NC(=NCCc1cnn(-c2ccccc2)c1)N1CCCCC1. The molecule has 6 heteroatoms. The van der Waals surface area contributed by atoms with Crippen molar-refractivity contribution >= 4 is 29.9 Å². The fraction of sp³-hybridized carbons (Fsp3) is 0.412. The number of aliphatic imine (C=N–C) groups is 1. The van der Waals surface area contributed by atoms with Crippen LogP contribution in [0, 0.1) is 0 Å². The van der Waals surface area contributed by atoms with Crippen molar-refractivity contribution in [2.75, 3.05) is 19.6 Å². The topological polar surface area (TPSA) is 59.4 Å². The van der Waals surface area contributed by atoms with Crippen LogP contribution in [0.15, 0.2) is 47.7 Å². The lowest BCUT2D eigenvalue weighted by Crippen LogP contribution is -2.41. The van der Waals surface area contributed by atoms with Crippen molar-refractivity contribution in [2.45, 2.75) is 25.7 Å². The molecule has 0 saturated carbocycles. The van der Waals surface area contributed by atoms with Gasteiger partial charge in [-0.15, -0.1) is 24.0 Å². The molecule has 1 aromatic heterocycles. The second kappa shape index (κ2) is 8.90. The number of likely N-dealkylation sites (tertiary alicyclic amines) is 1. The van der Waals surface area contributed by atoms with Crippen LogP contribution in [0.2, 0.25) is 0 Å². The zero-order chi connectivity index (χ0) is 15.2. The average molecular weight is 425 g/mol. The van der Waals surface area contributed by atoms with Crippen molar-refractivity contribution < 1.29 is 0 Å². The lowest BCUT2D eigenvalue weighted by molar-refractivity contribution is 0.338. The number of piperidine rings is 1. The summed E-state index contributed by atoms with van der Waals surface area (Å²) in [5.41, 5.74) is 8.32. The third-order valence-corrected chi connectivity index (χ3v) is 4.01. The predicted octanol–water partition coefficient (Wildman–Crippen LogP) is 2.83. The summed E-state index contributed by atoms with van der Waals surface area (Å²) in [6.07, 6.45) is 8.57. The quantitative estimate of drug-likeness (QED) is 0.466. The maximum Gasteiger partial charge on any atom is 0.191 e. The Kier molecular flexibility index (Phi) is 6.88. The van der Waals surface area contributed by atoms with Gasteiger partial charge in [-0.2, -0.15) is 5.10 Å². The summed E-state index contributed by atoms with van der Waals surface area (Å²) in [4.78, 5) is 6.70. The number of para-hydroxylation sites is 1. The number of nitrogens with two attached hydrogens (primary N) is 1. The Morgan fingerprint density at radius 1 is 1.13 bits per heavy atom. The van der Waals surface area contributed by atoms with E-state index in [1.165, 1.54) is 24.8 Å². The fourth-order valence-electron chi connectivity index (χ4n) is 2.73. The third kappa shape index (κ3) is 4.95. The van der Waals surface area contributed by atoms with Crippen molar-refractivity contribution in [1.82, 2.24) is 14.7 Å². The predicted molar refractivity (Wildman–Crippen MR) is 105 cm³/mol. The number of aromatic nitrogens is 2. The number of nitrogens with zero attached hydrogens (tertiary/aromatic N) is 4. The van der Waals surface area contributed by atoms with E-state index in [1.807, 2.05) is 41.2 Å². The van der Waals surface area contributed by atoms with Gasteiger partial charge in [0.15, 0.2) is 5.96 Å². The molecule has 1 aliphatic rings. The molecule has 0 unspecified atom stereocenters. The summed E-state index contributed by atoms with van der Waals surface area (Å²) in [5.74, 6) is 0.690. The van der Waals surface area contributed by atoms with Crippen molar-refractivity contribution in [1.29, 1.82) is 0 Å². The minimum atomic E-state index is 0. The van der Waals surface area contributed by atoms with E-state index in [0.29, 0.717) is 12.5 Å². The molecule has 2 aromatic rings. The van der Waals surface area contributed by atoms with Crippen molar-refractivity contribution in [2.24, 2.45) is 10.7 Å². The van der Waals surface area contributed by atoms with Gasteiger partial charge in [0.25, 0.3) is 0 Å². The van der Waals surface area contributed by atoms with Gasteiger partial charge in [-0.05, 0) is 43.4 Å². The van der Waals surface area contributed by atoms with E-state index in [-0.39, 0.29) is 24.0 Å². The summed E-state index contributed by atoms with van der Waals surface area (Å²) in [7, 11) is 0. The molecule has 23 heavy (non-hydrogen) atoms. The van der Waals surface area contributed by atoms with Gasteiger partial charge in [-0.3, -0.25) is 4.99 Å². The second-order valence-corrected chi connectivity index (χ2v) is 5.67. The molecule has 0 bridgehead atoms. The number of hydrogen-bond donors (Lipinski definition) is 1. The molecule has 1 saturated heterocycles. The summed E-state index contributed by atoms with van der Waals surface area (Å²) in [6.45, 7) is 2.80. The maximum atomic E-state index is 6.06. The first-order valence-electron chi connectivity index (χ1n) is 7.97. The smallest absolute Gasteiger partial charge is 0.191 e. The van der Waals surface area contributed by atoms with Crippen LogP contribution in [0.4, 0.5) is 0 Å². The number of halogens is 1.